The fourth-order valence-corrected chi connectivity index (χ4v) is 2.80. The fraction of sp³-hybridized carbons (Fsp3) is 0.417. The van der Waals surface area contributed by atoms with Crippen LogP contribution in [0, 0.1) is 10.1 Å². The minimum absolute atomic E-state index is 0.0170. The molecule has 2 rings (SSSR count). The third-order valence-corrected chi connectivity index (χ3v) is 3.92. The van der Waals surface area contributed by atoms with Crippen molar-refractivity contribution in [1.29, 1.82) is 0 Å². The number of anilines is 1. The summed E-state index contributed by atoms with van der Waals surface area (Å²) in [6.45, 7) is 0.931. The van der Waals surface area contributed by atoms with Crippen LogP contribution in [0.25, 0.3) is 0 Å². The third-order valence-electron chi connectivity index (χ3n) is 2.79. The highest BCUT2D eigenvalue weighted by Crippen LogP contribution is 2.16. The van der Waals surface area contributed by atoms with E-state index >= 15 is 0 Å². The Morgan fingerprint density at radius 3 is 2.79 bits per heavy atom. The van der Waals surface area contributed by atoms with Gasteiger partial charge < -0.3 is 10.6 Å². The van der Waals surface area contributed by atoms with Gasteiger partial charge in [-0.05, 0) is 12.1 Å². The van der Waals surface area contributed by atoms with Crippen LogP contribution in [-0.4, -0.2) is 34.9 Å². The summed E-state index contributed by atoms with van der Waals surface area (Å²) in [7, 11) is 0. The molecule has 0 spiro atoms. The van der Waals surface area contributed by atoms with Gasteiger partial charge in [0, 0.05) is 48.3 Å². The molecule has 1 amide bonds. The Morgan fingerprint density at radius 1 is 1.47 bits per heavy atom. The van der Waals surface area contributed by atoms with Gasteiger partial charge in [0.15, 0.2) is 0 Å². The van der Waals surface area contributed by atoms with E-state index in [-0.39, 0.29) is 17.6 Å². The first kappa shape index (κ1) is 13.8. The molecule has 2 N–H and O–H groups in total. The summed E-state index contributed by atoms with van der Waals surface area (Å²) >= 11 is 1.84. The largest absolute Gasteiger partial charge is 0.326 e. The first-order chi connectivity index (χ1) is 9.15. The molecule has 1 saturated heterocycles. The zero-order valence-electron chi connectivity index (χ0n) is 10.3. The van der Waals surface area contributed by atoms with Gasteiger partial charge in [0.1, 0.15) is 0 Å². The third kappa shape index (κ3) is 4.22. The zero-order valence-corrected chi connectivity index (χ0v) is 11.1. The second-order valence-corrected chi connectivity index (χ2v) is 5.43. The summed E-state index contributed by atoms with van der Waals surface area (Å²) in [5, 5.41) is 16.5. The number of amides is 1. The van der Waals surface area contributed by atoms with Gasteiger partial charge in [-0.2, -0.15) is 11.8 Å². The summed E-state index contributed by atoms with van der Waals surface area (Å²) in [6, 6.07) is 6.05. The number of non-ortho nitro benzene ring substituents is 1. The van der Waals surface area contributed by atoms with Crippen molar-refractivity contribution in [3.8, 4) is 0 Å². The summed E-state index contributed by atoms with van der Waals surface area (Å²) in [6.07, 6.45) is 0.421. The van der Waals surface area contributed by atoms with Crippen molar-refractivity contribution >= 4 is 29.0 Å². The summed E-state index contributed by atoms with van der Waals surface area (Å²) < 4.78 is 0. The van der Waals surface area contributed by atoms with Gasteiger partial charge >= 0.3 is 0 Å². The molecule has 0 aliphatic carbocycles. The van der Waals surface area contributed by atoms with Crippen molar-refractivity contribution < 1.29 is 9.72 Å². The van der Waals surface area contributed by atoms with Gasteiger partial charge in [0.25, 0.3) is 5.69 Å². The van der Waals surface area contributed by atoms with E-state index in [2.05, 4.69) is 10.6 Å². The Kier molecular flexibility index (Phi) is 4.75. The molecule has 0 radical (unpaired) electrons. The van der Waals surface area contributed by atoms with Gasteiger partial charge in [0.2, 0.25) is 5.91 Å². The average molecular weight is 281 g/mol. The van der Waals surface area contributed by atoms with E-state index in [0.717, 1.165) is 18.1 Å². The number of nitrogens with zero attached hydrogens (tertiary/aromatic N) is 1. The highest BCUT2D eigenvalue weighted by molar-refractivity contribution is 7.99. The topological polar surface area (TPSA) is 84.3 Å². The Hall–Kier alpha value is -1.60. The number of nitro benzene ring substituents is 1. The van der Waals surface area contributed by atoms with Crippen molar-refractivity contribution in [2.24, 2.45) is 0 Å². The van der Waals surface area contributed by atoms with Gasteiger partial charge in [-0.25, -0.2) is 0 Å². The van der Waals surface area contributed by atoms with Crippen LogP contribution in [0.2, 0.25) is 0 Å². The number of rotatable bonds is 4. The molecule has 1 atom stereocenters. The first-order valence-electron chi connectivity index (χ1n) is 6.00. The van der Waals surface area contributed by atoms with Crippen LogP contribution in [0.15, 0.2) is 24.3 Å². The minimum Gasteiger partial charge on any atom is -0.326 e. The van der Waals surface area contributed by atoms with E-state index in [4.69, 9.17) is 0 Å². The molecule has 0 bridgehead atoms. The van der Waals surface area contributed by atoms with Crippen LogP contribution >= 0.6 is 11.8 Å². The molecule has 1 aromatic carbocycles. The van der Waals surface area contributed by atoms with E-state index in [1.807, 2.05) is 11.8 Å². The molecule has 6 nitrogen and oxygen atoms in total. The molecular weight excluding hydrogens is 266 g/mol. The lowest BCUT2D eigenvalue weighted by Gasteiger charge is -2.22. The molecule has 1 aromatic rings. The molecule has 0 aromatic heterocycles. The van der Waals surface area contributed by atoms with Gasteiger partial charge in [-0.1, -0.05) is 0 Å². The summed E-state index contributed by atoms with van der Waals surface area (Å²) in [5.41, 5.74) is 0.599. The minimum atomic E-state index is -0.464. The predicted octanol–water partition coefficient (Wildman–Crippen LogP) is 1.63. The second kappa shape index (κ2) is 6.53. The second-order valence-electron chi connectivity index (χ2n) is 4.28. The van der Waals surface area contributed by atoms with Crippen molar-refractivity contribution in [1.82, 2.24) is 5.32 Å². The van der Waals surface area contributed by atoms with Crippen molar-refractivity contribution in [3.63, 3.8) is 0 Å². The number of carbonyl (C=O) groups is 1. The normalized spacial score (nSPS) is 18.8. The quantitative estimate of drug-likeness (QED) is 0.647. The molecular formula is C12H15N3O3S. The maximum Gasteiger partial charge on any atom is 0.269 e. The van der Waals surface area contributed by atoms with Crippen LogP contribution in [0.4, 0.5) is 11.4 Å². The highest BCUT2D eigenvalue weighted by Gasteiger charge is 2.16. The van der Waals surface area contributed by atoms with Crippen LogP contribution in [0.5, 0.6) is 0 Å². The number of nitro groups is 1. The molecule has 7 heteroatoms. The van der Waals surface area contributed by atoms with Crippen molar-refractivity contribution in [3.05, 3.63) is 34.4 Å². The molecule has 1 aliphatic heterocycles. The Morgan fingerprint density at radius 2 is 2.21 bits per heavy atom. The van der Waals surface area contributed by atoms with Crippen LogP contribution in [0.1, 0.15) is 6.42 Å². The lowest BCUT2D eigenvalue weighted by Crippen LogP contribution is -2.39. The summed E-state index contributed by atoms with van der Waals surface area (Å²) in [4.78, 5) is 21.8. The molecule has 1 aliphatic rings. The first-order valence-corrected chi connectivity index (χ1v) is 7.16. The van der Waals surface area contributed by atoms with Crippen molar-refractivity contribution in [2.75, 3.05) is 23.4 Å². The van der Waals surface area contributed by atoms with Crippen LogP contribution in [0.3, 0.4) is 0 Å². The van der Waals surface area contributed by atoms with E-state index in [9.17, 15) is 14.9 Å². The van der Waals surface area contributed by atoms with Crippen LogP contribution < -0.4 is 10.6 Å². The lowest BCUT2D eigenvalue weighted by atomic mass is 10.2. The van der Waals surface area contributed by atoms with E-state index in [1.54, 1.807) is 12.1 Å². The summed E-state index contributed by atoms with van der Waals surface area (Å²) in [5.74, 6) is 1.95. The molecule has 19 heavy (non-hydrogen) atoms. The maximum absolute atomic E-state index is 11.8. The number of hydrogen-bond donors (Lipinski definition) is 2. The molecule has 0 saturated carbocycles. The van der Waals surface area contributed by atoms with Crippen molar-refractivity contribution in [2.45, 2.75) is 12.5 Å². The standard InChI is InChI=1S/C12H15N3O3S/c16-12(7-10-8-19-6-5-13-10)14-9-1-3-11(4-2-9)15(17)18/h1-4,10,13H,5-8H2,(H,14,16). The molecule has 1 unspecified atom stereocenters. The fourth-order valence-electron chi connectivity index (χ4n) is 1.85. The van der Waals surface area contributed by atoms with Gasteiger partial charge in [0.05, 0.1) is 4.92 Å². The lowest BCUT2D eigenvalue weighted by molar-refractivity contribution is -0.384. The average Bonchev–Trinajstić information content (AvgIpc) is 2.40. The van der Waals surface area contributed by atoms with E-state index < -0.39 is 4.92 Å². The number of hydrogen-bond acceptors (Lipinski definition) is 5. The Labute approximate surface area is 115 Å². The SMILES string of the molecule is O=C(CC1CSCCN1)Nc1ccc([N+](=O)[O-])cc1. The number of nitrogens with one attached hydrogen (secondary N) is 2. The molecule has 102 valence electrons. The van der Waals surface area contributed by atoms with Gasteiger partial charge in [-0.15, -0.1) is 0 Å². The van der Waals surface area contributed by atoms with E-state index in [1.165, 1.54) is 12.1 Å². The molecule has 1 fully saturated rings. The van der Waals surface area contributed by atoms with E-state index in [0.29, 0.717) is 12.1 Å². The smallest absolute Gasteiger partial charge is 0.269 e. The monoisotopic (exact) mass is 281 g/mol. The Balaban J connectivity index is 1.85. The zero-order chi connectivity index (χ0) is 13.7. The highest BCUT2D eigenvalue weighted by atomic mass is 32.2. The van der Waals surface area contributed by atoms with Gasteiger partial charge in [-0.3, -0.25) is 14.9 Å². The van der Waals surface area contributed by atoms with Crippen LogP contribution in [-0.2, 0) is 4.79 Å². The predicted molar refractivity (Wildman–Crippen MR) is 75.5 cm³/mol. The number of carbonyl (C=O) groups excluding carboxylic acids is 1. The maximum atomic E-state index is 11.8. The molecule has 1 heterocycles. The number of benzene rings is 1. The Bertz CT molecular complexity index is 458. The number of thioether (sulfide) groups is 1.